The van der Waals surface area contributed by atoms with E-state index in [9.17, 15) is 0 Å². The second-order valence-corrected chi connectivity index (χ2v) is 4.70. The Bertz CT molecular complexity index is 225. The van der Waals surface area contributed by atoms with Crippen LogP contribution in [0.25, 0.3) is 0 Å². The Morgan fingerprint density at radius 2 is 2.13 bits per heavy atom. The molecule has 0 aliphatic carbocycles. The van der Waals surface area contributed by atoms with Gasteiger partial charge in [0.2, 0.25) is 0 Å². The van der Waals surface area contributed by atoms with Gasteiger partial charge in [0.1, 0.15) is 0 Å². The second-order valence-electron chi connectivity index (χ2n) is 4.70. The fourth-order valence-corrected chi connectivity index (χ4v) is 2.38. The molecule has 0 fully saturated rings. The van der Waals surface area contributed by atoms with E-state index in [1.165, 1.54) is 12.8 Å². The summed E-state index contributed by atoms with van der Waals surface area (Å²) in [5.74, 6) is 1.44. The van der Waals surface area contributed by atoms with Crippen LogP contribution in [0.5, 0.6) is 0 Å². The molecule has 0 aromatic carbocycles. The molecule has 0 aromatic rings. The summed E-state index contributed by atoms with van der Waals surface area (Å²) in [6.07, 6.45) is 3.64. The lowest BCUT2D eigenvalue weighted by Gasteiger charge is -2.35. The smallest absolute Gasteiger partial charge is 0.191 e. The molecule has 1 heterocycles. The average molecular weight is 211 g/mol. The molecule has 0 saturated carbocycles. The second kappa shape index (κ2) is 5.38. The predicted molar refractivity (Wildman–Crippen MR) is 65.9 cm³/mol. The lowest BCUT2D eigenvalue weighted by Crippen LogP contribution is -2.48. The van der Waals surface area contributed by atoms with Crippen molar-refractivity contribution in [2.75, 3.05) is 6.54 Å². The van der Waals surface area contributed by atoms with Gasteiger partial charge in [0.15, 0.2) is 5.96 Å². The molecule has 0 spiro atoms. The van der Waals surface area contributed by atoms with Crippen molar-refractivity contribution < 1.29 is 0 Å². The maximum atomic E-state index is 5.96. The first-order valence-corrected chi connectivity index (χ1v) is 6.20. The molecular formula is C12H25N3. The minimum absolute atomic E-state index is 0.514. The first kappa shape index (κ1) is 12.3. The van der Waals surface area contributed by atoms with E-state index in [1.807, 2.05) is 0 Å². The topological polar surface area (TPSA) is 41.6 Å². The van der Waals surface area contributed by atoms with E-state index in [-0.39, 0.29) is 0 Å². The number of rotatable bonds is 5. The molecule has 3 unspecified atom stereocenters. The van der Waals surface area contributed by atoms with Crippen molar-refractivity contribution in [2.45, 2.75) is 59.0 Å². The molecular weight excluding hydrogens is 186 g/mol. The standard InChI is InChI=1S/C12H25N3/c1-5-7-9(3)11-8-14-12(13)15(11)10(4)6-2/h9-11H,5-8H2,1-4H3,(H2,13,14). The fourth-order valence-electron chi connectivity index (χ4n) is 2.38. The largest absolute Gasteiger partial charge is 0.370 e. The molecule has 15 heavy (non-hydrogen) atoms. The summed E-state index contributed by atoms with van der Waals surface area (Å²) < 4.78 is 0. The SMILES string of the molecule is CCCC(C)C1CN=C(N)N1C(C)CC. The summed E-state index contributed by atoms with van der Waals surface area (Å²) in [6.45, 7) is 9.88. The quantitative estimate of drug-likeness (QED) is 0.757. The van der Waals surface area contributed by atoms with E-state index < -0.39 is 0 Å². The van der Waals surface area contributed by atoms with Gasteiger partial charge in [-0.2, -0.15) is 0 Å². The number of guanidine groups is 1. The van der Waals surface area contributed by atoms with Gasteiger partial charge in [0.05, 0.1) is 12.6 Å². The van der Waals surface area contributed by atoms with Crippen LogP contribution >= 0.6 is 0 Å². The van der Waals surface area contributed by atoms with Crippen molar-refractivity contribution in [1.82, 2.24) is 4.90 Å². The van der Waals surface area contributed by atoms with E-state index in [0.717, 1.165) is 18.9 Å². The Morgan fingerprint density at radius 3 is 2.67 bits per heavy atom. The van der Waals surface area contributed by atoms with Gasteiger partial charge < -0.3 is 10.6 Å². The summed E-state index contributed by atoms with van der Waals surface area (Å²) in [5.41, 5.74) is 5.96. The summed E-state index contributed by atoms with van der Waals surface area (Å²) in [6, 6.07) is 1.04. The maximum Gasteiger partial charge on any atom is 0.191 e. The van der Waals surface area contributed by atoms with Crippen LogP contribution in [0.15, 0.2) is 4.99 Å². The number of aliphatic imine (C=N–C) groups is 1. The molecule has 0 bridgehead atoms. The van der Waals surface area contributed by atoms with E-state index in [0.29, 0.717) is 18.0 Å². The highest BCUT2D eigenvalue weighted by atomic mass is 15.3. The summed E-state index contributed by atoms with van der Waals surface area (Å²) >= 11 is 0. The van der Waals surface area contributed by atoms with Gasteiger partial charge in [-0.3, -0.25) is 4.99 Å². The first-order chi connectivity index (χ1) is 7.11. The predicted octanol–water partition coefficient (Wildman–Crippen LogP) is 2.22. The summed E-state index contributed by atoms with van der Waals surface area (Å²) in [7, 11) is 0. The van der Waals surface area contributed by atoms with Crippen LogP contribution in [-0.2, 0) is 0 Å². The molecule has 1 aliphatic rings. The van der Waals surface area contributed by atoms with Gasteiger partial charge in [0.25, 0.3) is 0 Å². The molecule has 3 heteroatoms. The van der Waals surface area contributed by atoms with Gasteiger partial charge in [-0.1, -0.05) is 27.2 Å². The Morgan fingerprint density at radius 1 is 1.47 bits per heavy atom. The highest BCUT2D eigenvalue weighted by molar-refractivity contribution is 5.80. The molecule has 3 atom stereocenters. The van der Waals surface area contributed by atoms with E-state index in [4.69, 9.17) is 5.73 Å². The molecule has 88 valence electrons. The molecule has 3 nitrogen and oxygen atoms in total. The molecule has 0 radical (unpaired) electrons. The van der Waals surface area contributed by atoms with Crippen molar-refractivity contribution in [1.29, 1.82) is 0 Å². The minimum atomic E-state index is 0.514. The Balaban J connectivity index is 2.66. The molecule has 1 aliphatic heterocycles. The van der Waals surface area contributed by atoms with Crippen molar-refractivity contribution in [2.24, 2.45) is 16.6 Å². The third-order valence-electron chi connectivity index (χ3n) is 3.53. The van der Waals surface area contributed by atoms with Crippen LogP contribution < -0.4 is 5.73 Å². The zero-order chi connectivity index (χ0) is 11.4. The first-order valence-electron chi connectivity index (χ1n) is 6.20. The van der Waals surface area contributed by atoms with Gasteiger partial charge in [-0.15, -0.1) is 0 Å². The van der Waals surface area contributed by atoms with Crippen LogP contribution in [0, 0.1) is 5.92 Å². The lowest BCUT2D eigenvalue weighted by molar-refractivity contribution is 0.202. The van der Waals surface area contributed by atoms with Crippen molar-refractivity contribution in [3.8, 4) is 0 Å². The van der Waals surface area contributed by atoms with Crippen LogP contribution in [0.3, 0.4) is 0 Å². The zero-order valence-corrected chi connectivity index (χ0v) is 10.5. The normalized spacial score (nSPS) is 25.2. The minimum Gasteiger partial charge on any atom is -0.370 e. The van der Waals surface area contributed by atoms with Gasteiger partial charge in [-0.05, 0) is 25.7 Å². The average Bonchev–Trinajstić information content (AvgIpc) is 2.59. The van der Waals surface area contributed by atoms with Crippen LogP contribution in [0.4, 0.5) is 0 Å². The Hall–Kier alpha value is -0.730. The number of nitrogens with zero attached hydrogens (tertiary/aromatic N) is 2. The Labute approximate surface area is 93.7 Å². The van der Waals surface area contributed by atoms with E-state index in [1.54, 1.807) is 0 Å². The third kappa shape index (κ3) is 2.64. The number of hydrogen-bond acceptors (Lipinski definition) is 3. The number of nitrogens with two attached hydrogens (primary N) is 1. The molecule has 0 amide bonds. The monoisotopic (exact) mass is 211 g/mol. The summed E-state index contributed by atoms with van der Waals surface area (Å²) in [5, 5.41) is 0. The molecule has 2 N–H and O–H groups in total. The third-order valence-corrected chi connectivity index (χ3v) is 3.53. The van der Waals surface area contributed by atoms with Gasteiger partial charge in [-0.25, -0.2) is 0 Å². The van der Waals surface area contributed by atoms with Crippen molar-refractivity contribution >= 4 is 5.96 Å². The van der Waals surface area contributed by atoms with Gasteiger partial charge >= 0.3 is 0 Å². The number of hydrogen-bond donors (Lipinski definition) is 1. The fraction of sp³-hybridized carbons (Fsp3) is 0.917. The highest BCUT2D eigenvalue weighted by Crippen LogP contribution is 2.23. The van der Waals surface area contributed by atoms with Crippen LogP contribution in [0.2, 0.25) is 0 Å². The Kier molecular flexibility index (Phi) is 4.43. The molecule has 0 saturated heterocycles. The van der Waals surface area contributed by atoms with Crippen molar-refractivity contribution in [3.05, 3.63) is 0 Å². The molecule has 0 aromatic heterocycles. The lowest BCUT2D eigenvalue weighted by atomic mass is 9.95. The maximum absolute atomic E-state index is 5.96. The van der Waals surface area contributed by atoms with Crippen molar-refractivity contribution in [3.63, 3.8) is 0 Å². The van der Waals surface area contributed by atoms with Crippen LogP contribution in [0.1, 0.15) is 47.0 Å². The van der Waals surface area contributed by atoms with Gasteiger partial charge in [0, 0.05) is 6.04 Å². The molecule has 1 rings (SSSR count). The van der Waals surface area contributed by atoms with E-state index in [2.05, 4.69) is 37.6 Å². The van der Waals surface area contributed by atoms with Crippen LogP contribution in [-0.4, -0.2) is 29.5 Å². The zero-order valence-electron chi connectivity index (χ0n) is 10.5. The summed E-state index contributed by atoms with van der Waals surface area (Å²) in [4.78, 5) is 6.71. The van der Waals surface area contributed by atoms with E-state index >= 15 is 0 Å². The highest BCUT2D eigenvalue weighted by Gasteiger charge is 2.32.